The molecule has 0 saturated heterocycles. The van der Waals surface area contributed by atoms with Gasteiger partial charge in [0.15, 0.2) is 6.61 Å². The van der Waals surface area contributed by atoms with Gasteiger partial charge < -0.3 is 10.1 Å². The van der Waals surface area contributed by atoms with Crippen molar-refractivity contribution in [2.75, 3.05) is 6.61 Å². The molecule has 2 aromatic rings. The van der Waals surface area contributed by atoms with Crippen LogP contribution < -0.4 is 14.8 Å². The molecule has 0 radical (unpaired) electrons. The molecule has 2 heterocycles. The van der Waals surface area contributed by atoms with Gasteiger partial charge in [0.2, 0.25) is 10.0 Å². The number of nitrogens with zero attached hydrogens (tertiary/aromatic N) is 2. The molecule has 1 aromatic heterocycles. The zero-order valence-electron chi connectivity index (χ0n) is 20.4. The summed E-state index contributed by atoms with van der Waals surface area (Å²) in [4.78, 5) is 26.7. The maximum absolute atomic E-state index is 13.5. The van der Waals surface area contributed by atoms with Gasteiger partial charge in [-0.25, -0.2) is 13.1 Å². The molecule has 13 heteroatoms. The second-order valence-electron chi connectivity index (χ2n) is 10.7. The summed E-state index contributed by atoms with van der Waals surface area (Å²) in [5.41, 5.74) is 1.15. The first-order valence-electron chi connectivity index (χ1n) is 12.8. The third-order valence-corrected chi connectivity index (χ3v) is 9.57. The van der Waals surface area contributed by atoms with Gasteiger partial charge in [-0.05, 0) is 61.3 Å². The Bertz CT molecular complexity index is 1430. The van der Waals surface area contributed by atoms with E-state index in [1.807, 2.05) is 0 Å². The Balaban J connectivity index is 1.31. The predicted octanol–water partition coefficient (Wildman–Crippen LogP) is 2.97. The molecular formula is C25H27F3N4O5S. The molecule has 1 aromatic carbocycles. The molecule has 0 unspecified atom stereocenters. The van der Waals surface area contributed by atoms with Crippen molar-refractivity contribution < 1.29 is 35.9 Å². The number of aryl methyl sites for hydroxylation is 2. The number of amides is 2. The fourth-order valence-electron chi connectivity index (χ4n) is 5.52. The van der Waals surface area contributed by atoms with Gasteiger partial charge in [0.1, 0.15) is 11.4 Å². The Hall–Kier alpha value is -3.09. The summed E-state index contributed by atoms with van der Waals surface area (Å²) >= 11 is 0. The van der Waals surface area contributed by atoms with Crippen LogP contribution in [0, 0.1) is 5.92 Å². The van der Waals surface area contributed by atoms with E-state index in [1.54, 1.807) is 12.1 Å². The van der Waals surface area contributed by atoms with Gasteiger partial charge in [-0.15, -0.1) is 0 Å². The third-order valence-electron chi connectivity index (χ3n) is 7.75. The number of halogens is 3. The number of carbonyl (C=O) groups excluding carboxylic acids is 2. The highest BCUT2D eigenvalue weighted by Gasteiger charge is 2.48. The molecule has 1 aliphatic heterocycles. The molecule has 2 fully saturated rings. The summed E-state index contributed by atoms with van der Waals surface area (Å²) in [5, 5.41) is 7.05. The van der Waals surface area contributed by atoms with Gasteiger partial charge in [0.05, 0.1) is 22.0 Å². The minimum atomic E-state index is -4.45. The van der Waals surface area contributed by atoms with Crippen LogP contribution >= 0.6 is 0 Å². The van der Waals surface area contributed by atoms with Crippen LogP contribution in [0.15, 0.2) is 18.2 Å². The lowest BCUT2D eigenvalue weighted by atomic mass is 9.82. The van der Waals surface area contributed by atoms with E-state index in [1.165, 1.54) is 10.7 Å². The summed E-state index contributed by atoms with van der Waals surface area (Å²) in [6.45, 7) is -1.00. The van der Waals surface area contributed by atoms with Gasteiger partial charge >= 0.3 is 6.18 Å². The van der Waals surface area contributed by atoms with Crippen LogP contribution in [-0.4, -0.2) is 48.0 Å². The molecule has 2 amide bonds. The highest BCUT2D eigenvalue weighted by atomic mass is 32.2. The van der Waals surface area contributed by atoms with E-state index < -0.39 is 45.4 Å². The van der Waals surface area contributed by atoms with Crippen LogP contribution in [-0.2, 0) is 34.9 Å². The number of ether oxygens (including phenoxy) is 1. The molecule has 1 atom stereocenters. The Morgan fingerprint density at radius 3 is 2.68 bits per heavy atom. The number of aromatic nitrogens is 2. The second-order valence-corrected chi connectivity index (χ2v) is 12.7. The number of nitrogens with one attached hydrogen (secondary N) is 2. The van der Waals surface area contributed by atoms with Gasteiger partial charge in [-0.3, -0.25) is 14.3 Å². The van der Waals surface area contributed by atoms with Crippen molar-refractivity contribution in [2.24, 2.45) is 5.92 Å². The van der Waals surface area contributed by atoms with Crippen molar-refractivity contribution in [1.29, 1.82) is 0 Å². The largest absolute Gasteiger partial charge is 0.484 e. The first kappa shape index (κ1) is 25.2. The molecule has 6 rings (SSSR count). The van der Waals surface area contributed by atoms with Crippen LogP contribution in [0.2, 0.25) is 0 Å². The number of carbonyl (C=O) groups is 2. The topological polar surface area (TPSA) is 119 Å². The molecule has 1 spiro atoms. The zero-order valence-corrected chi connectivity index (χ0v) is 21.3. The number of hydrogen-bond donors (Lipinski definition) is 2. The highest BCUT2D eigenvalue weighted by Crippen LogP contribution is 2.44. The van der Waals surface area contributed by atoms with Crippen molar-refractivity contribution in [3.05, 3.63) is 46.3 Å². The van der Waals surface area contributed by atoms with E-state index in [0.29, 0.717) is 43.8 Å². The Morgan fingerprint density at radius 1 is 1.24 bits per heavy atom. The maximum atomic E-state index is 13.5. The number of sulfonamides is 1. The Kier molecular flexibility index (Phi) is 5.78. The molecule has 3 aliphatic carbocycles. The van der Waals surface area contributed by atoms with Crippen LogP contribution in [0.4, 0.5) is 13.2 Å². The first-order valence-corrected chi connectivity index (χ1v) is 14.3. The number of rotatable bonds is 8. The average molecular weight is 553 g/mol. The second kappa shape index (κ2) is 8.72. The molecule has 0 bridgehead atoms. The molecule has 9 nitrogen and oxygen atoms in total. The normalized spacial score (nSPS) is 22.7. The van der Waals surface area contributed by atoms with Crippen molar-refractivity contribution in [2.45, 2.75) is 74.9 Å². The number of hydrogen-bond acceptors (Lipinski definition) is 6. The Labute approximate surface area is 217 Å². The SMILES string of the molecule is O=C1N[C@@]2(CCc3cc(OCC(F)(F)F)ccc32)Cc2nn(CCC3CC3)c(C(=O)NS(=O)(=O)C3CC3)c21. The standard InChI is InChI=1S/C25H27F3N4O5S/c26-25(27,28)13-37-16-3-6-18-15(11-16)7-9-24(18)12-19-20(22(33)29-24)21(32(30-19)10-8-14-1-2-14)23(34)31-38(35,36)17-4-5-17/h3,6,11,14,17H,1-2,4-5,7-10,12-13H2,(H,29,33)(H,31,34)/t24-/m0/s1. The van der Waals surface area contributed by atoms with Crippen molar-refractivity contribution in [3.63, 3.8) is 0 Å². The van der Waals surface area contributed by atoms with Crippen molar-refractivity contribution in [3.8, 4) is 5.75 Å². The van der Waals surface area contributed by atoms with Crippen LogP contribution in [0.1, 0.15) is 76.2 Å². The third kappa shape index (κ3) is 4.76. The minimum absolute atomic E-state index is 0.0497. The zero-order chi connectivity index (χ0) is 26.9. The van der Waals surface area contributed by atoms with Gasteiger partial charge in [-0.1, -0.05) is 18.9 Å². The van der Waals surface area contributed by atoms with Crippen LogP contribution in [0.3, 0.4) is 0 Å². The summed E-state index contributed by atoms with van der Waals surface area (Å²) in [6.07, 6.45) is 0.782. The lowest BCUT2D eigenvalue weighted by Gasteiger charge is -2.35. The molecule has 4 aliphatic rings. The summed E-state index contributed by atoms with van der Waals surface area (Å²) in [5.74, 6) is -0.756. The lowest BCUT2D eigenvalue weighted by Crippen LogP contribution is -2.50. The summed E-state index contributed by atoms with van der Waals surface area (Å²) < 4.78 is 71.1. The van der Waals surface area contributed by atoms with Crippen molar-refractivity contribution >= 4 is 21.8 Å². The van der Waals surface area contributed by atoms with E-state index in [0.717, 1.165) is 30.4 Å². The fourth-order valence-corrected chi connectivity index (χ4v) is 6.80. The average Bonchev–Trinajstić information content (AvgIpc) is 3.76. The monoisotopic (exact) mass is 552 g/mol. The summed E-state index contributed by atoms with van der Waals surface area (Å²) in [7, 11) is -3.83. The van der Waals surface area contributed by atoms with Gasteiger partial charge in [0.25, 0.3) is 11.8 Å². The predicted molar refractivity (Wildman–Crippen MR) is 128 cm³/mol. The molecular weight excluding hydrogens is 525 g/mol. The lowest BCUT2D eigenvalue weighted by molar-refractivity contribution is -0.153. The highest BCUT2D eigenvalue weighted by molar-refractivity contribution is 7.91. The number of alkyl halides is 3. The molecule has 2 N–H and O–H groups in total. The van der Waals surface area contributed by atoms with E-state index in [4.69, 9.17) is 4.74 Å². The molecule has 204 valence electrons. The number of benzene rings is 1. The molecule has 2 saturated carbocycles. The fraction of sp³-hybridized carbons (Fsp3) is 0.560. The maximum Gasteiger partial charge on any atom is 0.422 e. The van der Waals surface area contributed by atoms with Crippen LogP contribution in [0.25, 0.3) is 0 Å². The Morgan fingerprint density at radius 2 is 2.00 bits per heavy atom. The van der Waals surface area contributed by atoms with E-state index in [-0.39, 0.29) is 23.4 Å². The van der Waals surface area contributed by atoms with Crippen molar-refractivity contribution in [1.82, 2.24) is 19.8 Å². The smallest absolute Gasteiger partial charge is 0.422 e. The van der Waals surface area contributed by atoms with Gasteiger partial charge in [-0.2, -0.15) is 18.3 Å². The quantitative estimate of drug-likeness (QED) is 0.520. The van der Waals surface area contributed by atoms with E-state index in [2.05, 4.69) is 15.1 Å². The minimum Gasteiger partial charge on any atom is -0.484 e. The summed E-state index contributed by atoms with van der Waals surface area (Å²) in [6, 6.07) is 4.68. The molecule has 38 heavy (non-hydrogen) atoms. The van der Waals surface area contributed by atoms with Crippen LogP contribution in [0.5, 0.6) is 5.75 Å². The first-order chi connectivity index (χ1) is 17.9. The van der Waals surface area contributed by atoms with E-state index >= 15 is 0 Å². The number of fused-ring (bicyclic) bond motifs is 3. The van der Waals surface area contributed by atoms with E-state index in [9.17, 15) is 31.2 Å². The van der Waals surface area contributed by atoms with Gasteiger partial charge in [0, 0.05) is 13.0 Å².